The number of phosphoric ester groups is 1. The fourth-order valence-corrected chi connectivity index (χ4v) is 7.14. The number of allylic oxidation sites excluding steroid dienone is 9. The summed E-state index contributed by atoms with van der Waals surface area (Å²) < 4.78 is 34.2. The molecule has 2 unspecified atom stereocenters. The summed E-state index contributed by atoms with van der Waals surface area (Å²) in [6, 6.07) is 0. The smallest absolute Gasteiger partial charge is 0.462 e. The summed E-state index contributed by atoms with van der Waals surface area (Å²) in [5.74, 6) is -1.00. The maximum Gasteiger partial charge on any atom is 0.472 e. The number of nitrogens with zero attached hydrogens (tertiary/aromatic N) is 1. The van der Waals surface area contributed by atoms with E-state index in [9.17, 15) is 24.2 Å². The highest BCUT2D eigenvalue weighted by atomic mass is 31.2. The minimum absolute atomic E-state index is 0.000596. The largest absolute Gasteiger partial charge is 0.472 e. The zero-order chi connectivity index (χ0) is 45.1. The van der Waals surface area contributed by atoms with E-state index in [1.165, 1.54) is 96.3 Å². The van der Waals surface area contributed by atoms with Crippen LogP contribution >= 0.6 is 7.82 Å². The summed E-state index contributed by atoms with van der Waals surface area (Å²) in [5.41, 5.74) is 0. The van der Waals surface area contributed by atoms with Gasteiger partial charge < -0.3 is 24.0 Å². The Morgan fingerprint density at radius 2 is 1.07 bits per heavy atom. The van der Waals surface area contributed by atoms with Crippen molar-refractivity contribution in [2.75, 3.05) is 47.5 Å². The molecule has 0 rings (SSSR count). The van der Waals surface area contributed by atoms with E-state index in [4.69, 9.17) is 18.5 Å². The van der Waals surface area contributed by atoms with Gasteiger partial charge in [0.25, 0.3) is 0 Å². The van der Waals surface area contributed by atoms with Gasteiger partial charge in [0.15, 0.2) is 6.10 Å². The number of aliphatic hydroxyl groups excluding tert-OH is 1. The van der Waals surface area contributed by atoms with Crippen LogP contribution in [-0.4, -0.2) is 86.1 Å². The Balaban J connectivity index is 4.46. The van der Waals surface area contributed by atoms with E-state index in [0.717, 1.165) is 44.9 Å². The molecular weight excluding hydrogens is 790 g/mol. The molecule has 0 amide bonds. The van der Waals surface area contributed by atoms with Gasteiger partial charge in [-0.2, -0.15) is 0 Å². The van der Waals surface area contributed by atoms with Crippen LogP contribution in [0.4, 0.5) is 0 Å². The lowest BCUT2D eigenvalue weighted by Crippen LogP contribution is -2.37. The Kier molecular flexibility index (Phi) is 40.1. The van der Waals surface area contributed by atoms with Gasteiger partial charge in [0.1, 0.15) is 19.8 Å². The van der Waals surface area contributed by atoms with Crippen LogP contribution in [0, 0.1) is 0 Å². The highest BCUT2D eigenvalue weighted by Crippen LogP contribution is 2.43. The Bertz CT molecular complexity index is 1240. The summed E-state index contributed by atoms with van der Waals surface area (Å²) in [7, 11) is 1.37. The second-order valence-corrected chi connectivity index (χ2v) is 18.8. The highest BCUT2D eigenvalue weighted by Gasteiger charge is 2.27. The topological polar surface area (TPSA) is 129 Å². The average Bonchev–Trinajstić information content (AvgIpc) is 3.21. The summed E-state index contributed by atoms with van der Waals surface area (Å²) in [5, 5.41) is 10.3. The number of unbranched alkanes of at least 4 members (excludes halogenated alkanes) is 18. The van der Waals surface area contributed by atoms with Gasteiger partial charge in [-0.05, 0) is 44.9 Å². The fraction of sp³-hybridized carbons (Fsp3) is 0.760. The fourth-order valence-electron chi connectivity index (χ4n) is 6.40. The Morgan fingerprint density at radius 1 is 0.590 bits per heavy atom. The molecule has 0 spiro atoms. The normalized spacial score (nSPS) is 14.5. The molecule has 0 aliphatic heterocycles. The first-order valence-corrected chi connectivity index (χ1v) is 25.6. The maximum absolute atomic E-state index is 12.7. The Hall–Kier alpha value is -2.33. The number of quaternary nitrogens is 1. The number of phosphoric acid groups is 1. The van der Waals surface area contributed by atoms with Crippen molar-refractivity contribution < 1.29 is 47.2 Å². The molecule has 2 N–H and O–H groups in total. The molecule has 0 aliphatic rings. The zero-order valence-electron chi connectivity index (χ0n) is 39.5. The average molecular weight is 881 g/mol. The van der Waals surface area contributed by atoms with Crippen molar-refractivity contribution in [3.8, 4) is 0 Å². The summed E-state index contributed by atoms with van der Waals surface area (Å²) in [4.78, 5) is 35.5. The van der Waals surface area contributed by atoms with Crippen LogP contribution < -0.4 is 0 Å². The number of carbonyl (C=O) groups excluding carboxylic acids is 2. The van der Waals surface area contributed by atoms with Crippen LogP contribution in [0.2, 0.25) is 0 Å². The molecule has 0 aliphatic carbocycles. The van der Waals surface area contributed by atoms with Crippen LogP contribution in [-0.2, 0) is 32.7 Å². The van der Waals surface area contributed by atoms with Crippen LogP contribution in [0.3, 0.4) is 0 Å². The van der Waals surface area contributed by atoms with E-state index in [0.29, 0.717) is 30.3 Å². The van der Waals surface area contributed by atoms with Crippen molar-refractivity contribution in [2.45, 2.75) is 199 Å². The maximum atomic E-state index is 12.7. The first kappa shape index (κ1) is 58.7. The molecule has 354 valence electrons. The number of aliphatic hydroxyl groups is 1. The number of hydrogen-bond donors (Lipinski definition) is 2. The van der Waals surface area contributed by atoms with Crippen molar-refractivity contribution in [1.29, 1.82) is 0 Å². The van der Waals surface area contributed by atoms with E-state index in [1.807, 2.05) is 33.3 Å². The minimum atomic E-state index is -4.42. The van der Waals surface area contributed by atoms with Gasteiger partial charge in [-0.3, -0.25) is 18.6 Å². The summed E-state index contributed by atoms with van der Waals surface area (Å²) in [6.45, 7) is 4.10. The van der Waals surface area contributed by atoms with Crippen LogP contribution in [0.5, 0.6) is 0 Å². The second-order valence-electron chi connectivity index (χ2n) is 17.3. The molecule has 0 radical (unpaired) electrons. The first-order valence-electron chi connectivity index (χ1n) is 24.1. The van der Waals surface area contributed by atoms with Crippen molar-refractivity contribution in [2.24, 2.45) is 0 Å². The van der Waals surface area contributed by atoms with Gasteiger partial charge in [0.05, 0.1) is 33.9 Å². The molecule has 3 atom stereocenters. The van der Waals surface area contributed by atoms with Gasteiger partial charge >= 0.3 is 19.8 Å². The third-order valence-electron chi connectivity index (χ3n) is 10.2. The SMILES string of the molecule is CC/C=C\C/C=C\C/C=C\C/C=C\C=C\C(O)CCCC(=O)OC[C@H](COP(=O)(O)OCC[N+](C)(C)C)OC(=O)CCCCCCCCCCCCCCCCCCCCC. The monoisotopic (exact) mass is 881 g/mol. The van der Waals surface area contributed by atoms with E-state index < -0.39 is 38.6 Å². The second kappa shape index (κ2) is 41.7. The molecule has 10 nitrogen and oxygen atoms in total. The number of carbonyl (C=O) groups is 2. The molecule has 0 aromatic rings. The molecular formula is C50H91NO9P+. The van der Waals surface area contributed by atoms with Crippen molar-refractivity contribution >= 4 is 19.8 Å². The third-order valence-corrected chi connectivity index (χ3v) is 11.2. The molecule has 0 saturated carbocycles. The quantitative estimate of drug-likeness (QED) is 0.0154. The van der Waals surface area contributed by atoms with E-state index in [2.05, 4.69) is 50.3 Å². The molecule has 0 saturated heterocycles. The van der Waals surface area contributed by atoms with Gasteiger partial charge in [-0.1, -0.05) is 190 Å². The zero-order valence-corrected chi connectivity index (χ0v) is 40.4. The summed E-state index contributed by atoms with van der Waals surface area (Å²) in [6.07, 6.45) is 47.3. The predicted octanol–water partition coefficient (Wildman–Crippen LogP) is 13.0. The van der Waals surface area contributed by atoms with Crippen molar-refractivity contribution in [3.63, 3.8) is 0 Å². The van der Waals surface area contributed by atoms with Crippen LogP contribution in [0.1, 0.15) is 187 Å². The Labute approximate surface area is 373 Å². The number of ether oxygens (including phenoxy) is 2. The van der Waals surface area contributed by atoms with Gasteiger partial charge in [-0.15, -0.1) is 0 Å². The molecule has 0 bridgehead atoms. The molecule has 0 aromatic heterocycles. The number of rotatable bonds is 43. The number of likely N-dealkylation sites (N-methyl/N-ethyl adjacent to an activating group) is 1. The molecule has 0 aromatic carbocycles. The third kappa shape index (κ3) is 45.5. The summed E-state index contributed by atoms with van der Waals surface area (Å²) >= 11 is 0. The number of esters is 2. The van der Waals surface area contributed by atoms with Gasteiger partial charge in [0, 0.05) is 12.8 Å². The highest BCUT2D eigenvalue weighted by molar-refractivity contribution is 7.47. The molecule has 0 heterocycles. The van der Waals surface area contributed by atoms with E-state index in [-0.39, 0.29) is 26.1 Å². The lowest BCUT2D eigenvalue weighted by molar-refractivity contribution is -0.870. The van der Waals surface area contributed by atoms with Crippen molar-refractivity contribution in [1.82, 2.24) is 0 Å². The van der Waals surface area contributed by atoms with Crippen molar-refractivity contribution in [3.05, 3.63) is 60.8 Å². The van der Waals surface area contributed by atoms with E-state index in [1.54, 1.807) is 12.2 Å². The van der Waals surface area contributed by atoms with Crippen LogP contribution in [0.15, 0.2) is 60.8 Å². The van der Waals surface area contributed by atoms with Crippen LogP contribution in [0.25, 0.3) is 0 Å². The predicted molar refractivity (Wildman–Crippen MR) is 253 cm³/mol. The number of hydrogen-bond acceptors (Lipinski definition) is 8. The van der Waals surface area contributed by atoms with E-state index >= 15 is 0 Å². The molecule has 11 heteroatoms. The van der Waals surface area contributed by atoms with Gasteiger partial charge in [-0.25, -0.2) is 4.57 Å². The first-order chi connectivity index (χ1) is 29.4. The standard InChI is InChI=1S/C50H90NO9P/c1-6-8-10-12-14-16-18-20-21-22-23-24-25-27-29-31-33-35-37-41-50(54)60-48(46-59-61(55,56)58-44-43-51(3,4)5)45-57-49(53)42-38-40-47(52)39-36-34-32-30-28-26-19-17-15-13-11-9-7-2/h9,11,15,17,26,28,32,34,36,39,47-48,52H,6-8,10,12-14,16,18-25,27,29-31,33,35,37-38,40-46H2,1-5H3/p+1/b11-9-,17-15-,28-26-,34-32-,39-36+/t47?,48-/m1/s1. The molecule has 0 fully saturated rings. The molecule has 61 heavy (non-hydrogen) atoms. The lowest BCUT2D eigenvalue weighted by atomic mass is 10.0. The van der Waals surface area contributed by atoms with Gasteiger partial charge in [0.2, 0.25) is 0 Å². The Morgan fingerprint density at radius 3 is 1.57 bits per heavy atom. The lowest BCUT2D eigenvalue weighted by Gasteiger charge is -2.24. The minimum Gasteiger partial charge on any atom is -0.462 e.